The molecule has 0 radical (unpaired) electrons. The standard InChI is InChI=1S/C19H20O5/c1-22-11-12-24-16-7-5-15(6-8-16)17(20)9-3-14-4-10-19(23-2)18(21)13-14/h3-10,13,21H,11-12H2,1-2H3. The molecule has 2 aromatic carbocycles. The van der Waals surface area contributed by atoms with E-state index in [1.807, 2.05) is 0 Å². The van der Waals surface area contributed by atoms with Gasteiger partial charge in [-0.3, -0.25) is 4.79 Å². The Morgan fingerprint density at radius 2 is 1.83 bits per heavy atom. The van der Waals surface area contributed by atoms with Crippen molar-refractivity contribution in [2.45, 2.75) is 0 Å². The molecular weight excluding hydrogens is 308 g/mol. The summed E-state index contributed by atoms with van der Waals surface area (Å²) in [5.41, 5.74) is 1.27. The molecule has 126 valence electrons. The molecule has 0 spiro atoms. The molecule has 0 aromatic heterocycles. The third kappa shape index (κ3) is 4.86. The van der Waals surface area contributed by atoms with E-state index in [1.165, 1.54) is 19.3 Å². The fourth-order valence-electron chi connectivity index (χ4n) is 2.04. The van der Waals surface area contributed by atoms with Crippen LogP contribution in [0.1, 0.15) is 15.9 Å². The first-order valence-electron chi connectivity index (χ1n) is 7.45. The maximum atomic E-state index is 12.2. The molecule has 0 aliphatic carbocycles. The van der Waals surface area contributed by atoms with Crippen LogP contribution < -0.4 is 9.47 Å². The molecule has 0 atom stereocenters. The predicted octanol–water partition coefficient (Wildman–Crippen LogP) is 3.32. The molecule has 5 heteroatoms. The Labute approximate surface area is 141 Å². The van der Waals surface area contributed by atoms with E-state index in [9.17, 15) is 9.90 Å². The largest absolute Gasteiger partial charge is 0.504 e. The van der Waals surface area contributed by atoms with Crippen LogP contribution in [-0.4, -0.2) is 38.3 Å². The number of methoxy groups -OCH3 is 2. The highest BCUT2D eigenvalue weighted by Crippen LogP contribution is 2.26. The number of carbonyl (C=O) groups is 1. The van der Waals surface area contributed by atoms with Crippen LogP contribution in [0, 0.1) is 0 Å². The summed E-state index contributed by atoms with van der Waals surface area (Å²) in [5.74, 6) is 0.980. The second kappa shape index (κ2) is 8.74. The van der Waals surface area contributed by atoms with E-state index in [1.54, 1.807) is 49.6 Å². The monoisotopic (exact) mass is 328 g/mol. The lowest BCUT2D eigenvalue weighted by molar-refractivity contribution is 0.104. The Morgan fingerprint density at radius 1 is 1.08 bits per heavy atom. The van der Waals surface area contributed by atoms with Crippen molar-refractivity contribution in [3.05, 3.63) is 59.7 Å². The molecule has 0 saturated carbocycles. The van der Waals surface area contributed by atoms with Crippen LogP contribution in [0.25, 0.3) is 6.08 Å². The van der Waals surface area contributed by atoms with Gasteiger partial charge in [0, 0.05) is 12.7 Å². The highest BCUT2D eigenvalue weighted by molar-refractivity contribution is 6.06. The summed E-state index contributed by atoms with van der Waals surface area (Å²) in [7, 11) is 3.09. The van der Waals surface area contributed by atoms with Crippen molar-refractivity contribution in [2.24, 2.45) is 0 Å². The zero-order valence-corrected chi connectivity index (χ0v) is 13.7. The normalized spacial score (nSPS) is 10.8. The summed E-state index contributed by atoms with van der Waals surface area (Å²) in [4.78, 5) is 12.2. The molecular formula is C19H20O5. The molecule has 2 rings (SSSR count). The first-order chi connectivity index (χ1) is 11.6. The van der Waals surface area contributed by atoms with E-state index in [2.05, 4.69) is 0 Å². The Balaban J connectivity index is 1.99. The number of phenols is 1. The number of carbonyl (C=O) groups excluding carboxylic acids is 1. The molecule has 0 bridgehead atoms. The van der Waals surface area contributed by atoms with Crippen molar-refractivity contribution < 1.29 is 24.1 Å². The van der Waals surface area contributed by atoms with E-state index in [0.29, 0.717) is 35.8 Å². The number of allylic oxidation sites excluding steroid dienone is 1. The third-order valence-corrected chi connectivity index (χ3v) is 3.33. The lowest BCUT2D eigenvalue weighted by atomic mass is 10.1. The number of hydrogen-bond donors (Lipinski definition) is 1. The number of benzene rings is 2. The number of ketones is 1. The highest BCUT2D eigenvalue weighted by Gasteiger charge is 2.04. The molecule has 0 aliphatic rings. The summed E-state index contributed by atoms with van der Waals surface area (Å²) >= 11 is 0. The van der Waals surface area contributed by atoms with Gasteiger partial charge in [-0.05, 0) is 48.0 Å². The molecule has 2 aromatic rings. The van der Waals surface area contributed by atoms with E-state index in [0.717, 1.165) is 0 Å². The van der Waals surface area contributed by atoms with Crippen LogP contribution in [0.4, 0.5) is 0 Å². The second-order valence-corrected chi connectivity index (χ2v) is 4.99. The second-order valence-electron chi connectivity index (χ2n) is 4.99. The summed E-state index contributed by atoms with van der Waals surface area (Å²) in [6.45, 7) is 0.975. The summed E-state index contributed by atoms with van der Waals surface area (Å²) < 4.78 is 15.3. The lowest BCUT2D eigenvalue weighted by Gasteiger charge is -2.05. The van der Waals surface area contributed by atoms with Crippen LogP contribution in [0.2, 0.25) is 0 Å². The number of rotatable bonds is 8. The fourth-order valence-corrected chi connectivity index (χ4v) is 2.04. The van der Waals surface area contributed by atoms with Crippen molar-refractivity contribution >= 4 is 11.9 Å². The third-order valence-electron chi connectivity index (χ3n) is 3.33. The summed E-state index contributed by atoms with van der Waals surface area (Å²) in [6.07, 6.45) is 3.10. The SMILES string of the molecule is COCCOc1ccc(C(=O)C=Cc2ccc(OC)c(O)c2)cc1. The maximum absolute atomic E-state index is 12.2. The van der Waals surface area contributed by atoms with Crippen LogP contribution >= 0.6 is 0 Å². The molecule has 0 unspecified atom stereocenters. The van der Waals surface area contributed by atoms with E-state index < -0.39 is 0 Å². The van der Waals surface area contributed by atoms with Crippen molar-refractivity contribution in [2.75, 3.05) is 27.4 Å². The van der Waals surface area contributed by atoms with Crippen LogP contribution in [0.3, 0.4) is 0 Å². The van der Waals surface area contributed by atoms with Gasteiger partial charge >= 0.3 is 0 Å². The topological polar surface area (TPSA) is 65.0 Å². The number of phenolic OH excluding ortho intramolecular Hbond substituents is 1. The quantitative estimate of drug-likeness (QED) is 0.457. The average molecular weight is 328 g/mol. The minimum Gasteiger partial charge on any atom is -0.504 e. The average Bonchev–Trinajstić information content (AvgIpc) is 2.60. The number of hydrogen-bond acceptors (Lipinski definition) is 5. The van der Waals surface area contributed by atoms with Gasteiger partial charge in [-0.2, -0.15) is 0 Å². The Morgan fingerprint density at radius 3 is 2.46 bits per heavy atom. The zero-order chi connectivity index (χ0) is 17.4. The van der Waals surface area contributed by atoms with Gasteiger partial charge in [0.2, 0.25) is 0 Å². The molecule has 1 N–H and O–H groups in total. The first kappa shape index (κ1) is 17.6. The van der Waals surface area contributed by atoms with Crippen molar-refractivity contribution in [3.8, 4) is 17.2 Å². The number of aromatic hydroxyl groups is 1. The molecule has 24 heavy (non-hydrogen) atoms. The molecule has 5 nitrogen and oxygen atoms in total. The van der Waals surface area contributed by atoms with Crippen molar-refractivity contribution in [1.29, 1.82) is 0 Å². The van der Waals surface area contributed by atoms with Gasteiger partial charge in [0.15, 0.2) is 17.3 Å². The van der Waals surface area contributed by atoms with Gasteiger partial charge in [0.05, 0.1) is 13.7 Å². The molecule has 0 aliphatic heterocycles. The van der Waals surface area contributed by atoms with Crippen LogP contribution in [-0.2, 0) is 4.74 Å². The minimum absolute atomic E-state index is 0.0321. The molecule has 0 fully saturated rings. The van der Waals surface area contributed by atoms with E-state index >= 15 is 0 Å². The van der Waals surface area contributed by atoms with Crippen LogP contribution in [0.15, 0.2) is 48.5 Å². The maximum Gasteiger partial charge on any atom is 0.185 e. The Kier molecular flexibility index (Phi) is 6.40. The van der Waals surface area contributed by atoms with Crippen molar-refractivity contribution in [1.82, 2.24) is 0 Å². The summed E-state index contributed by atoms with van der Waals surface area (Å²) in [6, 6.07) is 11.8. The molecule has 0 heterocycles. The first-order valence-corrected chi connectivity index (χ1v) is 7.45. The van der Waals surface area contributed by atoms with Gasteiger partial charge in [0.25, 0.3) is 0 Å². The van der Waals surface area contributed by atoms with Gasteiger partial charge in [-0.25, -0.2) is 0 Å². The Bertz CT molecular complexity index is 704. The Hall–Kier alpha value is -2.79. The fraction of sp³-hybridized carbons (Fsp3) is 0.211. The lowest BCUT2D eigenvalue weighted by Crippen LogP contribution is -2.04. The zero-order valence-electron chi connectivity index (χ0n) is 13.7. The highest BCUT2D eigenvalue weighted by atomic mass is 16.5. The molecule has 0 saturated heterocycles. The van der Waals surface area contributed by atoms with Gasteiger partial charge < -0.3 is 19.3 Å². The minimum atomic E-state index is -0.131. The smallest absolute Gasteiger partial charge is 0.185 e. The predicted molar refractivity (Wildman–Crippen MR) is 91.8 cm³/mol. The van der Waals surface area contributed by atoms with Gasteiger partial charge in [-0.15, -0.1) is 0 Å². The van der Waals surface area contributed by atoms with Gasteiger partial charge in [0.1, 0.15) is 12.4 Å². The molecule has 0 amide bonds. The van der Waals surface area contributed by atoms with Crippen molar-refractivity contribution in [3.63, 3.8) is 0 Å². The summed E-state index contributed by atoms with van der Waals surface area (Å²) in [5, 5.41) is 9.73. The van der Waals surface area contributed by atoms with E-state index in [4.69, 9.17) is 14.2 Å². The van der Waals surface area contributed by atoms with Crippen LogP contribution in [0.5, 0.6) is 17.2 Å². The van der Waals surface area contributed by atoms with Gasteiger partial charge in [-0.1, -0.05) is 12.1 Å². The number of ether oxygens (including phenoxy) is 3. The van der Waals surface area contributed by atoms with E-state index in [-0.39, 0.29) is 11.5 Å².